The molecule has 1 aromatic rings. The van der Waals surface area contributed by atoms with Crippen molar-refractivity contribution in [3.8, 4) is 0 Å². The summed E-state index contributed by atoms with van der Waals surface area (Å²) in [7, 11) is 5.36. The van der Waals surface area contributed by atoms with Crippen molar-refractivity contribution < 1.29 is 8.76 Å². The van der Waals surface area contributed by atoms with E-state index in [2.05, 4.69) is 0 Å². The zero-order valence-corrected chi connectivity index (χ0v) is 6.92. The first-order chi connectivity index (χ1) is 4.61. The molecule has 0 saturated heterocycles. The molecule has 5 heteroatoms. The highest BCUT2D eigenvalue weighted by Gasteiger charge is 2.00. The van der Waals surface area contributed by atoms with E-state index in [-0.39, 0.29) is 0 Å². The van der Waals surface area contributed by atoms with Gasteiger partial charge in [-0.1, -0.05) is 0 Å². The molecule has 0 N–H and O–H groups in total. The van der Waals surface area contributed by atoms with Crippen LogP contribution in [0.4, 0.5) is 0 Å². The van der Waals surface area contributed by atoms with Gasteiger partial charge in [0.25, 0.3) is 0 Å². The summed E-state index contributed by atoms with van der Waals surface area (Å²) in [5, 5.41) is 0. The molecule has 0 bridgehead atoms. The smallest absolute Gasteiger partial charge is 0.128 e. The van der Waals surface area contributed by atoms with Crippen molar-refractivity contribution >= 4 is 35.0 Å². The molecule has 0 aromatic carbocycles. The van der Waals surface area contributed by atoms with Crippen LogP contribution in [0.1, 0.15) is 4.88 Å². The Morgan fingerprint density at radius 1 is 1.80 bits per heavy atom. The molecule has 0 fully saturated rings. The second-order valence-corrected chi connectivity index (χ2v) is 4.00. The Kier molecular flexibility index (Phi) is 2.28. The Morgan fingerprint density at radius 2 is 2.40 bits per heavy atom. The first-order valence-electron chi connectivity index (χ1n) is 2.56. The predicted molar refractivity (Wildman–Crippen MR) is 41.6 cm³/mol. The van der Waals surface area contributed by atoms with E-state index in [9.17, 15) is 8.76 Å². The summed E-state index contributed by atoms with van der Waals surface area (Å²) in [4.78, 5) is 1.05. The summed E-state index contributed by atoms with van der Waals surface area (Å²) < 4.78 is 21.3. The van der Waals surface area contributed by atoms with Crippen molar-refractivity contribution in [2.75, 3.05) is 0 Å². The van der Waals surface area contributed by atoms with Gasteiger partial charge in [0, 0.05) is 9.77 Å². The van der Waals surface area contributed by atoms with Gasteiger partial charge in [0.05, 0.1) is 0 Å². The molecular weight excluding hydrogens is 167 g/mol. The fourth-order valence-electron chi connectivity index (χ4n) is 0.653. The van der Waals surface area contributed by atoms with Crippen LogP contribution in [0.15, 0.2) is 11.0 Å². The van der Waals surface area contributed by atoms with Gasteiger partial charge in [0.2, 0.25) is 0 Å². The number of rotatable bonds is 1. The van der Waals surface area contributed by atoms with Crippen LogP contribution in [-0.2, 0) is 11.1 Å². The summed E-state index contributed by atoms with van der Waals surface area (Å²) in [5.74, 6) is 0. The van der Waals surface area contributed by atoms with Gasteiger partial charge < -0.3 is 4.55 Å². The van der Waals surface area contributed by atoms with Gasteiger partial charge in [-0.3, -0.25) is 4.21 Å². The van der Waals surface area contributed by atoms with Crippen molar-refractivity contribution in [2.24, 2.45) is 0 Å². The molecule has 0 amide bonds. The normalized spacial score (nSPS) is 13.4. The molecule has 52 valence electrons. The SMILES string of the molecule is [B]c1cc(S(=O)[O-])c(C)s1. The van der Waals surface area contributed by atoms with Crippen molar-refractivity contribution in [3.05, 3.63) is 10.9 Å². The topological polar surface area (TPSA) is 40.1 Å². The van der Waals surface area contributed by atoms with E-state index in [0.717, 1.165) is 4.88 Å². The Balaban J connectivity index is 3.15. The maximum absolute atomic E-state index is 10.4. The lowest BCUT2D eigenvalue weighted by Gasteiger charge is -2.01. The van der Waals surface area contributed by atoms with Crippen LogP contribution in [0.2, 0.25) is 0 Å². The van der Waals surface area contributed by atoms with E-state index in [1.54, 1.807) is 6.92 Å². The van der Waals surface area contributed by atoms with Gasteiger partial charge in [-0.15, -0.1) is 0 Å². The van der Waals surface area contributed by atoms with Crippen molar-refractivity contribution in [1.29, 1.82) is 0 Å². The van der Waals surface area contributed by atoms with Crippen LogP contribution in [0.25, 0.3) is 0 Å². The molecule has 1 heterocycles. The summed E-state index contributed by atoms with van der Waals surface area (Å²) in [6, 6.07) is 1.46. The number of hydrogen-bond acceptors (Lipinski definition) is 3. The number of hydrogen-bond donors (Lipinski definition) is 0. The first-order valence-corrected chi connectivity index (χ1v) is 4.45. The van der Waals surface area contributed by atoms with Crippen molar-refractivity contribution in [3.63, 3.8) is 0 Å². The van der Waals surface area contributed by atoms with Crippen LogP contribution in [0, 0.1) is 6.92 Å². The van der Waals surface area contributed by atoms with E-state index < -0.39 is 11.1 Å². The summed E-state index contributed by atoms with van der Waals surface area (Å²) >= 11 is -0.857. The number of thiophene rings is 1. The summed E-state index contributed by atoms with van der Waals surface area (Å²) in [5.41, 5.74) is 0. The molecule has 1 unspecified atom stereocenters. The van der Waals surface area contributed by atoms with E-state index in [1.165, 1.54) is 17.4 Å². The summed E-state index contributed by atoms with van der Waals surface area (Å²) in [6.07, 6.45) is 0. The monoisotopic (exact) mass is 171 g/mol. The van der Waals surface area contributed by atoms with Crippen molar-refractivity contribution in [2.45, 2.75) is 11.8 Å². The highest BCUT2D eigenvalue weighted by atomic mass is 32.2. The zero-order chi connectivity index (χ0) is 7.72. The van der Waals surface area contributed by atoms with Crippen LogP contribution in [0.3, 0.4) is 0 Å². The molecule has 0 aliphatic heterocycles. The quantitative estimate of drug-likeness (QED) is 0.443. The molecule has 1 rings (SSSR count). The molecular formula is C5H4BO2S2-. The standard InChI is InChI=1S/C5H5BO2S2/c1-3-4(10(7)8)2-5(6)9-3/h2H,1H3,(H,7,8)/p-1. The van der Waals surface area contributed by atoms with E-state index in [4.69, 9.17) is 7.85 Å². The molecule has 1 aromatic heterocycles. The van der Waals surface area contributed by atoms with Gasteiger partial charge in [-0.25, -0.2) is 0 Å². The van der Waals surface area contributed by atoms with Crippen molar-refractivity contribution in [1.82, 2.24) is 0 Å². The largest absolute Gasteiger partial charge is 0.768 e. The lowest BCUT2D eigenvalue weighted by atomic mass is 10.1. The lowest BCUT2D eigenvalue weighted by molar-refractivity contribution is 0.537. The second kappa shape index (κ2) is 2.86. The Bertz CT molecular complexity index is 269. The van der Waals surface area contributed by atoms with Gasteiger partial charge in [-0.2, -0.15) is 11.3 Å². The van der Waals surface area contributed by atoms with Gasteiger partial charge in [0.1, 0.15) is 7.85 Å². The average molecular weight is 171 g/mol. The van der Waals surface area contributed by atoms with Gasteiger partial charge in [-0.05, 0) is 28.8 Å². The van der Waals surface area contributed by atoms with E-state index in [0.29, 0.717) is 9.67 Å². The molecule has 10 heavy (non-hydrogen) atoms. The minimum Gasteiger partial charge on any atom is -0.768 e. The minimum absolute atomic E-state index is 0.308. The highest BCUT2D eigenvalue weighted by Crippen LogP contribution is 2.14. The fourth-order valence-corrected chi connectivity index (χ4v) is 2.20. The molecule has 1 atom stereocenters. The molecule has 0 aliphatic carbocycles. The number of aryl methyl sites for hydroxylation is 1. The molecule has 2 radical (unpaired) electrons. The third-order valence-electron chi connectivity index (χ3n) is 1.07. The maximum atomic E-state index is 10.4. The van der Waals surface area contributed by atoms with Crippen LogP contribution < -0.4 is 4.78 Å². The Morgan fingerprint density at radius 3 is 2.60 bits per heavy atom. The third-order valence-corrected chi connectivity index (χ3v) is 2.86. The minimum atomic E-state index is -2.14. The van der Waals surface area contributed by atoms with Crippen LogP contribution >= 0.6 is 11.3 Å². The fraction of sp³-hybridized carbons (Fsp3) is 0.200. The molecule has 2 nitrogen and oxygen atoms in total. The predicted octanol–water partition coefficient (Wildman–Crippen LogP) is 0.0883. The van der Waals surface area contributed by atoms with Crippen LogP contribution in [0.5, 0.6) is 0 Å². The van der Waals surface area contributed by atoms with E-state index in [1.807, 2.05) is 0 Å². The molecule has 0 spiro atoms. The first kappa shape index (κ1) is 7.98. The van der Waals surface area contributed by atoms with Crippen LogP contribution in [-0.4, -0.2) is 16.6 Å². The lowest BCUT2D eigenvalue weighted by Crippen LogP contribution is -1.92. The molecule has 0 saturated carbocycles. The third kappa shape index (κ3) is 1.48. The second-order valence-electron chi connectivity index (χ2n) is 1.80. The molecule has 0 aliphatic rings. The van der Waals surface area contributed by atoms with E-state index >= 15 is 0 Å². The highest BCUT2D eigenvalue weighted by molar-refractivity contribution is 7.79. The maximum Gasteiger partial charge on any atom is 0.128 e. The summed E-state index contributed by atoms with van der Waals surface area (Å²) in [6.45, 7) is 1.73. The Hall–Kier alpha value is -0.125. The average Bonchev–Trinajstić information content (AvgIpc) is 2.10. The zero-order valence-electron chi connectivity index (χ0n) is 5.29. The van der Waals surface area contributed by atoms with Gasteiger partial charge >= 0.3 is 0 Å². The Labute approximate surface area is 67.0 Å². The van der Waals surface area contributed by atoms with Gasteiger partial charge in [0.15, 0.2) is 0 Å².